The average molecular weight is 503 g/mol. The molecule has 0 aliphatic carbocycles. The lowest BCUT2D eigenvalue weighted by molar-refractivity contribution is -0.137. The summed E-state index contributed by atoms with van der Waals surface area (Å²) in [5, 5.41) is 15.5. The molecule has 0 aliphatic heterocycles. The molecule has 0 unspecified atom stereocenters. The molecule has 3 aromatic carbocycles. The zero-order valence-corrected chi connectivity index (χ0v) is 19.1. The largest absolute Gasteiger partial charge is 0.416 e. The first-order chi connectivity index (χ1) is 16.3. The fraction of sp³-hybridized carbons (Fsp3) is 0.130. The molecule has 0 spiro atoms. The predicted molar refractivity (Wildman–Crippen MR) is 127 cm³/mol. The van der Waals surface area contributed by atoms with Gasteiger partial charge in [0.25, 0.3) is 0 Å². The summed E-state index contributed by atoms with van der Waals surface area (Å²) in [6.45, 7) is 0. The lowest BCUT2D eigenvalue weighted by Crippen LogP contribution is -2.14. The monoisotopic (exact) mass is 502 g/mol. The number of fused-ring (bicyclic) bond motifs is 1. The van der Waals surface area contributed by atoms with Crippen molar-refractivity contribution < 1.29 is 22.8 Å². The first kappa shape index (κ1) is 23.7. The highest BCUT2D eigenvalue weighted by Gasteiger charge is 2.30. The van der Waals surface area contributed by atoms with Crippen LogP contribution in [0.4, 0.5) is 24.0 Å². The van der Waals surface area contributed by atoms with E-state index in [1.54, 1.807) is 0 Å². The van der Waals surface area contributed by atoms with Crippen molar-refractivity contribution in [3.05, 3.63) is 77.9 Å². The average Bonchev–Trinajstić information content (AvgIpc) is 3.25. The van der Waals surface area contributed by atoms with E-state index in [0.29, 0.717) is 9.47 Å². The van der Waals surface area contributed by atoms with Crippen LogP contribution in [0.1, 0.15) is 11.1 Å². The van der Waals surface area contributed by atoms with Crippen LogP contribution in [-0.2, 0) is 22.2 Å². The van der Waals surface area contributed by atoms with Crippen LogP contribution in [0, 0.1) is 0 Å². The topological polar surface area (TPSA) is 84.0 Å². The molecule has 0 aliphatic rings. The Bertz CT molecular complexity index is 1320. The van der Waals surface area contributed by atoms with Crippen molar-refractivity contribution in [2.45, 2.75) is 16.9 Å². The summed E-state index contributed by atoms with van der Waals surface area (Å²) in [6.07, 6.45) is -4.25. The number of benzene rings is 3. The van der Waals surface area contributed by atoms with Gasteiger partial charge in [0.15, 0.2) is 4.34 Å². The van der Waals surface area contributed by atoms with Gasteiger partial charge in [-0.3, -0.25) is 9.59 Å². The maximum absolute atomic E-state index is 12.6. The third-order valence-electron chi connectivity index (χ3n) is 4.71. The zero-order chi connectivity index (χ0) is 24.1. The molecule has 0 saturated carbocycles. The summed E-state index contributed by atoms with van der Waals surface area (Å²) >= 11 is 2.24. The number of aromatic nitrogens is 2. The SMILES string of the molecule is O=C(CSc1nnc(NC(=O)Cc2cccc3ccccc23)s1)Nc1ccc(C(F)(F)F)cc1. The van der Waals surface area contributed by atoms with Gasteiger partial charge in [-0.1, -0.05) is 65.6 Å². The molecule has 0 saturated heterocycles. The Kier molecular flexibility index (Phi) is 7.13. The van der Waals surface area contributed by atoms with Gasteiger partial charge in [0.05, 0.1) is 17.7 Å². The van der Waals surface area contributed by atoms with Gasteiger partial charge in [0.2, 0.25) is 16.9 Å². The van der Waals surface area contributed by atoms with Gasteiger partial charge in [0.1, 0.15) is 0 Å². The molecule has 34 heavy (non-hydrogen) atoms. The van der Waals surface area contributed by atoms with E-state index in [1.807, 2.05) is 42.5 Å². The molecule has 0 bridgehead atoms. The molecule has 4 rings (SSSR count). The summed E-state index contributed by atoms with van der Waals surface area (Å²) < 4.78 is 38.3. The number of nitrogens with one attached hydrogen (secondary N) is 2. The third kappa shape index (κ3) is 6.12. The second kappa shape index (κ2) is 10.2. The van der Waals surface area contributed by atoms with Gasteiger partial charge >= 0.3 is 6.18 Å². The van der Waals surface area contributed by atoms with Crippen LogP contribution < -0.4 is 10.6 Å². The number of halogens is 3. The van der Waals surface area contributed by atoms with Crippen molar-refractivity contribution in [2.75, 3.05) is 16.4 Å². The lowest BCUT2D eigenvalue weighted by atomic mass is 10.0. The van der Waals surface area contributed by atoms with Crippen molar-refractivity contribution in [1.82, 2.24) is 10.2 Å². The normalized spacial score (nSPS) is 11.4. The van der Waals surface area contributed by atoms with E-state index in [-0.39, 0.29) is 23.8 Å². The van der Waals surface area contributed by atoms with E-state index in [4.69, 9.17) is 0 Å². The Morgan fingerprint density at radius 1 is 0.882 bits per heavy atom. The zero-order valence-electron chi connectivity index (χ0n) is 17.4. The third-order valence-corrected chi connectivity index (χ3v) is 6.68. The maximum Gasteiger partial charge on any atom is 0.416 e. The highest BCUT2D eigenvalue weighted by Crippen LogP contribution is 2.30. The second-order valence-electron chi connectivity index (χ2n) is 7.15. The van der Waals surface area contributed by atoms with Crippen LogP contribution >= 0.6 is 23.1 Å². The molecular formula is C23H17F3N4O2S2. The number of thioether (sulfide) groups is 1. The molecule has 1 heterocycles. The van der Waals surface area contributed by atoms with Crippen molar-refractivity contribution in [1.29, 1.82) is 0 Å². The predicted octanol–water partition coefficient (Wildman–Crippen LogP) is 5.62. The minimum absolute atomic E-state index is 0.0143. The van der Waals surface area contributed by atoms with E-state index in [9.17, 15) is 22.8 Å². The Morgan fingerprint density at radius 3 is 2.38 bits per heavy atom. The number of carbonyl (C=O) groups is 2. The molecule has 0 fully saturated rings. The quantitative estimate of drug-likeness (QED) is 0.253. The molecule has 4 aromatic rings. The van der Waals surface area contributed by atoms with E-state index < -0.39 is 17.6 Å². The number of carbonyl (C=O) groups excluding carboxylic acids is 2. The minimum atomic E-state index is -4.43. The summed E-state index contributed by atoms with van der Waals surface area (Å²) in [6, 6.07) is 17.8. The Hall–Kier alpha value is -3.44. The summed E-state index contributed by atoms with van der Waals surface area (Å²) in [4.78, 5) is 24.6. The van der Waals surface area contributed by atoms with Crippen LogP contribution in [0.3, 0.4) is 0 Å². The van der Waals surface area contributed by atoms with Gasteiger partial charge in [-0.05, 0) is 40.6 Å². The van der Waals surface area contributed by atoms with Crippen LogP contribution in [0.2, 0.25) is 0 Å². The smallest absolute Gasteiger partial charge is 0.325 e. The number of anilines is 2. The van der Waals surface area contributed by atoms with E-state index >= 15 is 0 Å². The number of rotatable bonds is 7. The van der Waals surface area contributed by atoms with Gasteiger partial charge < -0.3 is 10.6 Å². The van der Waals surface area contributed by atoms with Crippen LogP contribution in [-0.4, -0.2) is 27.8 Å². The molecule has 0 atom stereocenters. The molecule has 1 aromatic heterocycles. The van der Waals surface area contributed by atoms with Crippen LogP contribution in [0.5, 0.6) is 0 Å². The van der Waals surface area contributed by atoms with Crippen LogP contribution in [0.15, 0.2) is 71.1 Å². The minimum Gasteiger partial charge on any atom is -0.325 e. The Labute approximate surface area is 200 Å². The van der Waals surface area contributed by atoms with Crippen molar-refractivity contribution in [2.24, 2.45) is 0 Å². The van der Waals surface area contributed by atoms with Crippen molar-refractivity contribution in [3.63, 3.8) is 0 Å². The highest BCUT2D eigenvalue weighted by molar-refractivity contribution is 8.01. The van der Waals surface area contributed by atoms with Gasteiger partial charge in [-0.15, -0.1) is 10.2 Å². The first-order valence-electron chi connectivity index (χ1n) is 9.98. The molecular weight excluding hydrogens is 485 g/mol. The molecule has 6 nitrogen and oxygen atoms in total. The molecule has 0 radical (unpaired) electrons. The Balaban J connectivity index is 1.28. The van der Waals surface area contributed by atoms with E-state index in [0.717, 1.165) is 51.6 Å². The van der Waals surface area contributed by atoms with Crippen molar-refractivity contribution >= 4 is 56.5 Å². The molecule has 2 N–H and O–H groups in total. The van der Waals surface area contributed by atoms with Gasteiger partial charge in [-0.25, -0.2) is 0 Å². The van der Waals surface area contributed by atoms with Crippen LogP contribution in [0.25, 0.3) is 10.8 Å². The van der Waals surface area contributed by atoms with Crippen molar-refractivity contribution in [3.8, 4) is 0 Å². The fourth-order valence-corrected chi connectivity index (χ4v) is 4.74. The van der Waals surface area contributed by atoms with E-state index in [2.05, 4.69) is 20.8 Å². The summed E-state index contributed by atoms with van der Waals surface area (Å²) in [7, 11) is 0. The molecule has 2 amide bonds. The van der Waals surface area contributed by atoms with Gasteiger partial charge in [-0.2, -0.15) is 13.2 Å². The number of hydrogen-bond acceptors (Lipinski definition) is 6. The van der Waals surface area contributed by atoms with E-state index in [1.165, 1.54) is 12.1 Å². The summed E-state index contributed by atoms with van der Waals surface area (Å²) in [5.41, 5.74) is 0.371. The standard InChI is InChI=1S/C23H17F3N4O2S2/c24-23(25,26)16-8-10-17(11-9-16)27-20(32)13-33-22-30-29-21(34-22)28-19(31)12-15-6-3-5-14-4-1-2-7-18(14)15/h1-11H,12-13H2,(H,27,32)(H,28,29,31). The number of hydrogen-bond donors (Lipinski definition) is 2. The second-order valence-corrected chi connectivity index (χ2v) is 9.35. The number of alkyl halides is 3. The lowest BCUT2D eigenvalue weighted by Gasteiger charge is -2.08. The van der Waals surface area contributed by atoms with Gasteiger partial charge in [0, 0.05) is 5.69 Å². The molecule has 174 valence electrons. The number of amides is 2. The fourth-order valence-electron chi connectivity index (χ4n) is 3.17. The number of nitrogens with zero attached hydrogens (tertiary/aromatic N) is 2. The maximum atomic E-state index is 12.6. The first-order valence-corrected chi connectivity index (χ1v) is 11.8. The highest BCUT2D eigenvalue weighted by atomic mass is 32.2. The summed E-state index contributed by atoms with van der Waals surface area (Å²) in [5.74, 6) is -0.648. The Morgan fingerprint density at radius 2 is 1.62 bits per heavy atom. The molecule has 11 heteroatoms.